The quantitative estimate of drug-likeness (QED) is 0.530. The largest absolute Gasteiger partial charge is 0.394 e. The van der Waals surface area contributed by atoms with Crippen LogP contribution in [0.4, 0.5) is 0 Å². The van der Waals surface area contributed by atoms with Gasteiger partial charge in [-0.25, -0.2) is 0 Å². The molecule has 4 heteroatoms. The Morgan fingerprint density at radius 1 is 1.09 bits per heavy atom. The Morgan fingerprint density at radius 2 is 1.45 bits per heavy atom. The van der Waals surface area contributed by atoms with Crippen molar-refractivity contribution >= 4 is 0 Å². The molecule has 0 aromatic rings. The number of aliphatic hydroxyl groups excluding tert-OH is 2. The summed E-state index contributed by atoms with van der Waals surface area (Å²) in [6.07, 6.45) is 4.11. The maximum absolute atomic E-state index is 7.62. The molecule has 0 amide bonds. The standard InChI is InChI=1S/C5H10N2.C2H6O2/c1-6-3-4-7(2)5-6;3-1-2-4/h3-4H,5H2,1-2H3;3-4H,1-2H2. The highest BCUT2D eigenvalue weighted by molar-refractivity contribution is 4.85. The summed E-state index contributed by atoms with van der Waals surface area (Å²) >= 11 is 0. The zero-order valence-corrected chi connectivity index (χ0v) is 7.06. The van der Waals surface area contributed by atoms with E-state index in [0.717, 1.165) is 6.67 Å². The molecule has 1 aliphatic heterocycles. The third-order valence-corrected chi connectivity index (χ3v) is 1.12. The van der Waals surface area contributed by atoms with Gasteiger partial charge in [0.2, 0.25) is 0 Å². The first-order valence-electron chi connectivity index (χ1n) is 3.51. The molecule has 1 aliphatic rings. The van der Waals surface area contributed by atoms with E-state index in [-0.39, 0.29) is 13.2 Å². The van der Waals surface area contributed by atoms with Gasteiger partial charge in [-0.15, -0.1) is 0 Å². The summed E-state index contributed by atoms with van der Waals surface area (Å²) < 4.78 is 0. The van der Waals surface area contributed by atoms with Crippen molar-refractivity contribution in [3.05, 3.63) is 12.4 Å². The predicted molar refractivity (Wildman–Crippen MR) is 43.7 cm³/mol. The van der Waals surface area contributed by atoms with Gasteiger partial charge in [-0.05, 0) is 0 Å². The Labute approximate surface area is 67.3 Å². The lowest BCUT2D eigenvalue weighted by Gasteiger charge is -2.10. The summed E-state index contributed by atoms with van der Waals surface area (Å²) in [4.78, 5) is 4.25. The van der Waals surface area contributed by atoms with Crippen molar-refractivity contribution in [3.63, 3.8) is 0 Å². The lowest BCUT2D eigenvalue weighted by molar-refractivity contribution is 0.186. The van der Waals surface area contributed by atoms with Crippen molar-refractivity contribution in [2.75, 3.05) is 34.0 Å². The lowest BCUT2D eigenvalue weighted by Crippen LogP contribution is -2.17. The number of aliphatic hydroxyl groups is 2. The SMILES string of the molecule is CN1C=CN(C)C1.OCCO. The fourth-order valence-electron chi connectivity index (χ4n) is 0.674. The van der Waals surface area contributed by atoms with Crippen molar-refractivity contribution in [1.29, 1.82) is 0 Å². The molecule has 0 saturated carbocycles. The first-order chi connectivity index (χ1) is 5.20. The Balaban J connectivity index is 0.000000218. The topological polar surface area (TPSA) is 46.9 Å². The molecular formula is C7H16N2O2. The van der Waals surface area contributed by atoms with Crippen LogP contribution in [0.2, 0.25) is 0 Å². The van der Waals surface area contributed by atoms with E-state index in [1.165, 1.54) is 0 Å². The zero-order valence-electron chi connectivity index (χ0n) is 7.06. The predicted octanol–water partition coefficient (Wildman–Crippen LogP) is -0.737. The van der Waals surface area contributed by atoms with Crippen LogP contribution in [0.15, 0.2) is 12.4 Å². The normalized spacial score (nSPS) is 14.9. The second-order valence-electron chi connectivity index (χ2n) is 2.40. The van der Waals surface area contributed by atoms with Crippen molar-refractivity contribution in [2.45, 2.75) is 0 Å². The molecule has 2 N–H and O–H groups in total. The van der Waals surface area contributed by atoms with Crippen molar-refractivity contribution in [1.82, 2.24) is 9.80 Å². The highest BCUT2D eigenvalue weighted by Gasteiger charge is 1.99. The molecule has 0 unspecified atom stereocenters. The van der Waals surface area contributed by atoms with Crippen LogP contribution in [0.25, 0.3) is 0 Å². The minimum Gasteiger partial charge on any atom is -0.394 e. The van der Waals surface area contributed by atoms with E-state index in [2.05, 4.69) is 36.3 Å². The minimum atomic E-state index is -0.125. The fraction of sp³-hybridized carbons (Fsp3) is 0.714. The van der Waals surface area contributed by atoms with Gasteiger partial charge in [0.05, 0.1) is 19.9 Å². The van der Waals surface area contributed by atoms with Gasteiger partial charge in [0.25, 0.3) is 0 Å². The first kappa shape index (κ1) is 10.3. The van der Waals surface area contributed by atoms with Gasteiger partial charge < -0.3 is 20.0 Å². The molecule has 66 valence electrons. The van der Waals surface area contributed by atoms with Gasteiger partial charge in [0.1, 0.15) is 0 Å². The van der Waals surface area contributed by atoms with E-state index in [9.17, 15) is 0 Å². The van der Waals surface area contributed by atoms with E-state index >= 15 is 0 Å². The van der Waals surface area contributed by atoms with Crippen LogP contribution in [-0.2, 0) is 0 Å². The molecule has 1 rings (SSSR count). The van der Waals surface area contributed by atoms with E-state index < -0.39 is 0 Å². The lowest BCUT2D eigenvalue weighted by atomic mass is 10.8. The summed E-state index contributed by atoms with van der Waals surface area (Å²) in [6.45, 7) is 0.778. The molecular weight excluding hydrogens is 144 g/mol. The number of nitrogens with zero attached hydrogens (tertiary/aromatic N) is 2. The monoisotopic (exact) mass is 160 g/mol. The molecule has 4 nitrogen and oxygen atoms in total. The van der Waals surface area contributed by atoms with E-state index in [4.69, 9.17) is 10.2 Å². The molecule has 0 spiro atoms. The smallest absolute Gasteiger partial charge is 0.0887 e. The third kappa shape index (κ3) is 5.69. The summed E-state index contributed by atoms with van der Waals surface area (Å²) in [6, 6.07) is 0. The molecule has 0 saturated heterocycles. The van der Waals surface area contributed by atoms with Gasteiger partial charge in [-0.3, -0.25) is 0 Å². The van der Waals surface area contributed by atoms with Crippen LogP contribution in [0, 0.1) is 0 Å². The highest BCUT2D eigenvalue weighted by atomic mass is 16.3. The highest BCUT2D eigenvalue weighted by Crippen LogP contribution is 1.97. The first-order valence-corrected chi connectivity index (χ1v) is 3.51. The average molecular weight is 160 g/mol. The van der Waals surface area contributed by atoms with Crippen LogP contribution in [0.5, 0.6) is 0 Å². The molecule has 0 aromatic heterocycles. The van der Waals surface area contributed by atoms with Gasteiger partial charge >= 0.3 is 0 Å². The fourth-order valence-corrected chi connectivity index (χ4v) is 0.674. The number of hydrogen-bond donors (Lipinski definition) is 2. The molecule has 0 atom stereocenters. The second-order valence-corrected chi connectivity index (χ2v) is 2.40. The minimum absolute atomic E-state index is 0.125. The van der Waals surface area contributed by atoms with Gasteiger partial charge in [-0.1, -0.05) is 0 Å². The molecule has 0 bridgehead atoms. The van der Waals surface area contributed by atoms with Crippen molar-refractivity contribution in [2.24, 2.45) is 0 Å². The molecule has 0 aliphatic carbocycles. The molecule has 11 heavy (non-hydrogen) atoms. The molecule has 1 heterocycles. The maximum atomic E-state index is 7.62. The van der Waals surface area contributed by atoms with Crippen molar-refractivity contribution < 1.29 is 10.2 Å². The maximum Gasteiger partial charge on any atom is 0.0887 e. The van der Waals surface area contributed by atoms with Gasteiger partial charge in [-0.2, -0.15) is 0 Å². The van der Waals surface area contributed by atoms with Crippen LogP contribution >= 0.6 is 0 Å². The Hall–Kier alpha value is -0.740. The van der Waals surface area contributed by atoms with E-state index in [1.54, 1.807) is 0 Å². The van der Waals surface area contributed by atoms with Crippen LogP contribution in [-0.4, -0.2) is 54.0 Å². The molecule has 0 radical (unpaired) electrons. The molecule has 0 aromatic carbocycles. The van der Waals surface area contributed by atoms with Crippen LogP contribution in [0.1, 0.15) is 0 Å². The van der Waals surface area contributed by atoms with Crippen LogP contribution in [0.3, 0.4) is 0 Å². The Morgan fingerprint density at radius 3 is 1.55 bits per heavy atom. The average Bonchev–Trinajstić information content (AvgIpc) is 2.35. The summed E-state index contributed by atoms with van der Waals surface area (Å²) in [7, 11) is 4.11. The van der Waals surface area contributed by atoms with Gasteiger partial charge in [0, 0.05) is 26.5 Å². The zero-order chi connectivity index (χ0) is 8.69. The second kappa shape index (κ2) is 6.00. The van der Waals surface area contributed by atoms with Crippen molar-refractivity contribution in [3.8, 4) is 0 Å². The summed E-state index contributed by atoms with van der Waals surface area (Å²) in [5, 5.41) is 15.2. The van der Waals surface area contributed by atoms with Gasteiger partial charge in [0.15, 0.2) is 0 Å². The Kier molecular flexibility index (Phi) is 5.60. The number of rotatable bonds is 1. The third-order valence-electron chi connectivity index (χ3n) is 1.12. The Bertz CT molecular complexity index is 105. The summed E-state index contributed by atoms with van der Waals surface area (Å²) in [5.74, 6) is 0. The summed E-state index contributed by atoms with van der Waals surface area (Å²) in [5.41, 5.74) is 0. The number of hydrogen-bond acceptors (Lipinski definition) is 4. The van der Waals surface area contributed by atoms with E-state index in [0.29, 0.717) is 0 Å². The van der Waals surface area contributed by atoms with Crippen LogP contribution < -0.4 is 0 Å². The van der Waals surface area contributed by atoms with E-state index in [1.807, 2.05) is 0 Å². The molecule has 0 fully saturated rings.